The Bertz CT molecular complexity index is 1020. The maximum atomic E-state index is 16.0. The molecule has 0 saturated carbocycles. The molecule has 2 atom stereocenters. The lowest BCUT2D eigenvalue weighted by molar-refractivity contribution is -0.0664. The Balaban J connectivity index is 1.92. The lowest BCUT2D eigenvalue weighted by Crippen LogP contribution is -2.49. The van der Waals surface area contributed by atoms with Crippen molar-refractivity contribution in [2.24, 2.45) is 5.92 Å². The van der Waals surface area contributed by atoms with Crippen LogP contribution in [0.15, 0.2) is 42.5 Å². The van der Waals surface area contributed by atoms with Crippen LogP contribution in [0.3, 0.4) is 0 Å². The van der Waals surface area contributed by atoms with Gasteiger partial charge in [0.05, 0.1) is 5.60 Å². The van der Waals surface area contributed by atoms with Crippen molar-refractivity contribution in [3.63, 3.8) is 0 Å². The fourth-order valence-corrected chi connectivity index (χ4v) is 4.77. The Morgan fingerprint density at radius 2 is 1.83 bits per heavy atom. The van der Waals surface area contributed by atoms with E-state index in [0.717, 1.165) is 12.0 Å². The molecular formula is C29H40FNO5. The molecule has 1 aliphatic heterocycles. The van der Waals surface area contributed by atoms with E-state index in [2.05, 4.69) is 0 Å². The summed E-state index contributed by atoms with van der Waals surface area (Å²) in [4.78, 5) is 14.4. The van der Waals surface area contributed by atoms with Crippen molar-refractivity contribution in [2.45, 2.75) is 71.0 Å². The molecule has 0 unspecified atom stereocenters. The second-order valence-electron chi connectivity index (χ2n) is 10.6. The van der Waals surface area contributed by atoms with Crippen molar-refractivity contribution >= 4 is 6.09 Å². The minimum absolute atomic E-state index is 0.0666. The average molecular weight is 502 g/mol. The molecule has 0 bridgehead atoms. The van der Waals surface area contributed by atoms with Gasteiger partial charge >= 0.3 is 6.09 Å². The largest absolute Gasteiger partial charge is 0.454 e. The molecule has 7 heteroatoms. The van der Waals surface area contributed by atoms with Gasteiger partial charge in [0.1, 0.15) is 11.4 Å². The summed E-state index contributed by atoms with van der Waals surface area (Å²) < 4.78 is 32.7. The van der Waals surface area contributed by atoms with Crippen LogP contribution in [-0.4, -0.2) is 48.5 Å². The number of methoxy groups -OCH3 is 1. The molecule has 0 aromatic heterocycles. The average Bonchev–Trinajstić information content (AvgIpc) is 2.83. The third kappa shape index (κ3) is 6.98. The highest BCUT2D eigenvalue weighted by molar-refractivity contribution is 5.68. The van der Waals surface area contributed by atoms with Crippen LogP contribution in [0, 0.1) is 18.7 Å². The maximum absolute atomic E-state index is 16.0. The summed E-state index contributed by atoms with van der Waals surface area (Å²) in [7, 11) is 1.64. The first-order valence-electron chi connectivity index (χ1n) is 12.8. The molecule has 3 rings (SSSR count). The van der Waals surface area contributed by atoms with E-state index < -0.39 is 23.1 Å². The summed E-state index contributed by atoms with van der Waals surface area (Å²) >= 11 is 0. The number of hydrogen-bond donors (Lipinski definition) is 1. The highest BCUT2D eigenvalue weighted by atomic mass is 19.1. The highest BCUT2D eigenvalue weighted by Gasteiger charge is 2.43. The zero-order chi connectivity index (χ0) is 26.3. The number of para-hydroxylation sites is 1. The van der Waals surface area contributed by atoms with Gasteiger partial charge in [-0.05, 0) is 77.5 Å². The lowest BCUT2D eigenvalue weighted by Gasteiger charge is -2.43. The van der Waals surface area contributed by atoms with Gasteiger partial charge in [-0.2, -0.15) is 0 Å². The number of piperidine rings is 1. The summed E-state index contributed by atoms with van der Waals surface area (Å²) in [6.07, 6.45) is 2.69. The second kappa shape index (κ2) is 12.1. The Labute approximate surface area is 214 Å². The molecule has 0 radical (unpaired) electrons. The minimum atomic E-state index is -1.48. The molecule has 1 amide bonds. The minimum Gasteiger partial charge on any atom is -0.454 e. The number of benzene rings is 2. The van der Waals surface area contributed by atoms with Crippen molar-refractivity contribution in [3.05, 3.63) is 59.4 Å². The number of amides is 1. The predicted octanol–water partition coefficient (Wildman–Crippen LogP) is 6.58. The Kier molecular flexibility index (Phi) is 9.36. The van der Waals surface area contributed by atoms with Crippen LogP contribution in [-0.2, 0) is 15.1 Å². The third-order valence-electron chi connectivity index (χ3n) is 6.65. The van der Waals surface area contributed by atoms with E-state index >= 15 is 4.39 Å². The number of carbonyl (C=O) groups is 1. The summed E-state index contributed by atoms with van der Waals surface area (Å²) in [6, 6.07) is 12.3. The fourth-order valence-electron chi connectivity index (χ4n) is 4.77. The van der Waals surface area contributed by atoms with Crippen LogP contribution in [0.5, 0.6) is 11.5 Å². The number of hydrogen-bond acceptors (Lipinski definition) is 5. The molecule has 198 valence electrons. The smallest absolute Gasteiger partial charge is 0.410 e. The van der Waals surface area contributed by atoms with Gasteiger partial charge in [0, 0.05) is 38.3 Å². The molecule has 0 spiro atoms. The summed E-state index contributed by atoms with van der Waals surface area (Å²) in [5.74, 6) is -0.309. The summed E-state index contributed by atoms with van der Waals surface area (Å²) in [5, 5.41) is 12.1. The molecule has 0 aliphatic carbocycles. The van der Waals surface area contributed by atoms with Gasteiger partial charge in [0.2, 0.25) is 0 Å². The van der Waals surface area contributed by atoms with E-state index in [4.69, 9.17) is 14.2 Å². The van der Waals surface area contributed by atoms with Crippen LogP contribution < -0.4 is 4.74 Å². The number of ether oxygens (including phenoxy) is 3. The fraction of sp³-hybridized carbons (Fsp3) is 0.552. The van der Waals surface area contributed by atoms with Gasteiger partial charge in [-0.25, -0.2) is 9.18 Å². The van der Waals surface area contributed by atoms with Crippen LogP contribution in [0.25, 0.3) is 0 Å². The first-order chi connectivity index (χ1) is 17.0. The molecule has 1 aliphatic rings. The molecule has 36 heavy (non-hydrogen) atoms. The number of carbonyl (C=O) groups excluding carboxylic acids is 1. The van der Waals surface area contributed by atoms with E-state index in [0.29, 0.717) is 44.6 Å². The molecule has 6 nitrogen and oxygen atoms in total. The molecule has 1 N–H and O–H groups in total. The van der Waals surface area contributed by atoms with Gasteiger partial charge < -0.3 is 24.2 Å². The van der Waals surface area contributed by atoms with E-state index in [-0.39, 0.29) is 23.8 Å². The monoisotopic (exact) mass is 501 g/mol. The van der Waals surface area contributed by atoms with Crippen molar-refractivity contribution in [3.8, 4) is 11.5 Å². The Morgan fingerprint density at radius 3 is 2.53 bits per heavy atom. The SMILES string of the molecule is COCCCC[C@@](O)(c1cccc(Oc2ccccc2C)c1F)[C@@H]1CCCN(C(=O)OC(C)(C)C)C1. The number of unbranched alkanes of at least 4 members (excludes halogenated alkanes) is 1. The predicted molar refractivity (Wildman–Crippen MR) is 138 cm³/mol. The van der Waals surface area contributed by atoms with Gasteiger partial charge in [0.25, 0.3) is 0 Å². The summed E-state index contributed by atoms with van der Waals surface area (Å²) in [6.45, 7) is 8.78. The standard InChI is InChI=1S/C29H40FNO5/c1-21-12-6-7-15-24(21)35-25-16-10-14-23(26(25)30)29(33,17-8-9-19-34-5)22-13-11-18-31(20-22)27(32)36-28(2,3)4/h6-7,10,12,14-16,22,33H,8-9,11,13,17-20H2,1-5H3/t22-,29+/m1/s1. The quantitative estimate of drug-likeness (QED) is 0.393. The van der Waals surface area contributed by atoms with E-state index in [9.17, 15) is 9.90 Å². The second-order valence-corrected chi connectivity index (χ2v) is 10.6. The van der Waals surface area contributed by atoms with Crippen LogP contribution >= 0.6 is 0 Å². The highest BCUT2D eigenvalue weighted by Crippen LogP contribution is 2.43. The molecular weight excluding hydrogens is 461 g/mol. The van der Waals surface area contributed by atoms with E-state index in [1.54, 1.807) is 36.3 Å². The van der Waals surface area contributed by atoms with E-state index in [1.807, 2.05) is 45.9 Å². The Morgan fingerprint density at radius 1 is 1.11 bits per heavy atom. The zero-order valence-electron chi connectivity index (χ0n) is 22.2. The third-order valence-corrected chi connectivity index (χ3v) is 6.65. The normalized spacial score (nSPS) is 18.0. The number of halogens is 1. The first kappa shape index (κ1) is 27.9. The number of aliphatic hydroxyl groups is 1. The van der Waals surface area contributed by atoms with Gasteiger partial charge in [-0.15, -0.1) is 0 Å². The maximum Gasteiger partial charge on any atom is 0.410 e. The van der Waals surface area contributed by atoms with Crippen molar-refractivity contribution in [1.29, 1.82) is 0 Å². The van der Waals surface area contributed by atoms with E-state index in [1.165, 1.54) is 0 Å². The van der Waals surface area contributed by atoms with Gasteiger partial charge in [-0.3, -0.25) is 0 Å². The molecule has 1 fully saturated rings. The number of nitrogens with zero attached hydrogens (tertiary/aromatic N) is 1. The molecule has 2 aromatic rings. The molecule has 2 aromatic carbocycles. The number of rotatable bonds is 9. The molecule has 1 heterocycles. The van der Waals surface area contributed by atoms with Crippen LogP contribution in [0.2, 0.25) is 0 Å². The van der Waals surface area contributed by atoms with Crippen molar-refractivity contribution < 1.29 is 28.5 Å². The first-order valence-corrected chi connectivity index (χ1v) is 12.8. The van der Waals surface area contributed by atoms with Crippen LogP contribution in [0.1, 0.15) is 64.0 Å². The van der Waals surface area contributed by atoms with Crippen LogP contribution in [0.4, 0.5) is 9.18 Å². The van der Waals surface area contributed by atoms with Gasteiger partial charge in [0.15, 0.2) is 11.6 Å². The van der Waals surface area contributed by atoms with Crippen molar-refractivity contribution in [1.82, 2.24) is 4.90 Å². The Hall–Kier alpha value is -2.64. The summed E-state index contributed by atoms with van der Waals surface area (Å²) in [5.41, 5.74) is -1.02. The topological polar surface area (TPSA) is 68.2 Å². The number of aryl methyl sites for hydroxylation is 1. The van der Waals surface area contributed by atoms with Crippen molar-refractivity contribution in [2.75, 3.05) is 26.8 Å². The zero-order valence-corrected chi connectivity index (χ0v) is 22.2. The molecule has 1 saturated heterocycles. The number of likely N-dealkylation sites (tertiary alicyclic amines) is 1. The van der Waals surface area contributed by atoms with Gasteiger partial charge in [-0.1, -0.05) is 30.3 Å². The lowest BCUT2D eigenvalue weighted by atomic mass is 9.74.